The van der Waals surface area contributed by atoms with Gasteiger partial charge in [0.05, 0.1) is 13.0 Å². The van der Waals surface area contributed by atoms with E-state index in [-0.39, 0.29) is 11.9 Å². The first kappa shape index (κ1) is 8.47. The van der Waals surface area contributed by atoms with E-state index in [1.807, 2.05) is 13.8 Å². The Morgan fingerprint density at radius 3 is 2.56 bits per heavy atom. The molecule has 0 amide bonds. The van der Waals surface area contributed by atoms with E-state index < -0.39 is 0 Å². The van der Waals surface area contributed by atoms with Crippen molar-refractivity contribution in [3.8, 4) is 0 Å². The molecule has 0 saturated carbocycles. The summed E-state index contributed by atoms with van der Waals surface area (Å²) < 4.78 is 4.66. The van der Waals surface area contributed by atoms with Crippen molar-refractivity contribution in [1.82, 2.24) is 0 Å². The third-order valence-corrected chi connectivity index (χ3v) is 0.756. The topological polar surface area (TPSA) is 26.3 Å². The van der Waals surface area contributed by atoms with E-state index >= 15 is 0 Å². The predicted molar refractivity (Wildman–Crippen MR) is 35.8 cm³/mol. The van der Waals surface area contributed by atoms with Gasteiger partial charge in [0, 0.05) is 0 Å². The van der Waals surface area contributed by atoms with Crippen molar-refractivity contribution in [2.24, 2.45) is 5.92 Å². The maximum atomic E-state index is 10.6. The third-order valence-electron chi connectivity index (χ3n) is 0.756. The highest BCUT2D eigenvalue weighted by Crippen LogP contribution is 1.98. The number of esters is 1. The molecule has 0 fully saturated rings. The van der Waals surface area contributed by atoms with Crippen LogP contribution in [0.25, 0.3) is 0 Å². The molecule has 2 heteroatoms. The van der Waals surface area contributed by atoms with Crippen LogP contribution >= 0.6 is 0 Å². The molecule has 0 heterocycles. The highest BCUT2D eigenvalue weighted by Gasteiger charge is 2.03. The fraction of sp³-hybridized carbons (Fsp3) is 0.714. The summed E-state index contributed by atoms with van der Waals surface area (Å²) in [5.74, 6) is 0.0662. The summed E-state index contributed by atoms with van der Waals surface area (Å²) in [5.41, 5.74) is 0. The lowest BCUT2D eigenvalue weighted by molar-refractivity contribution is -0.139. The number of rotatable bonds is 3. The fourth-order valence-electron chi connectivity index (χ4n) is 0.463. The molecule has 53 valence electrons. The maximum absolute atomic E-state index is 10.6. The van der Waals surface area contributed by atoms with Gasteiger partial charge in [-0.2, -0.15) is 0 Å². The summed E-state index contributed by atoms with van der Waals surface area (Å²) in [5, 5.41) is 0. The van der Waals surface area contributed by atoms with Crippen molar-refractivity contribution in [2.75, 3.05) is 6.61 Å². The van der Waals surface area contributed by atoms with Gasteiger partial charge in [-0.1, -0.05) is 13.8 Å². The predicted octanol–water partition coefficient (Wildman–Crippen LogP) is 1.41. The average molecular weight is 129 g/mol. The molecule has 0 N–H and O–H groups in total. The molecule has 1 radical (unpaired) electrons. The van der Waals surface area contributed by atoms with Gasteiger partial charge in [0.15, 0.2) is 0 Å². The molecule has 0 bridgehead atoms. The molecule has 0 aromatic heterocycles. The van der Waals surface area contributed by atoms with Crippen LogP contribution in [0.4, 0.5) is 0 Å². The van der Waals surface area contributed by atoms with E-state index in [0.29, 0.717) is 6.61 Å². The molecule has 0 aromatic carbocycles. The SMILES string of the molecule is CCOC(=O)[CH]C(C)C. The Labute approximate surface area is 56.2 Å². The van der Waals surface area contributed by atoms with Crippen LogP contribution in [0.1, 0.15) is 20.8 Å². The van der Waals surface area contributed by atoms with Crippen LogP contribution in [-0.4, -0.2) is 12.6 Å². The number of carbonyl (C=O) groups excluding carboxylic acids is 1. The Morgan fingerprint density at radius 2 is 2.22 bits per heavy atom. The van der Waals surface area contributed by atoms with Crippen LogP contribution in [0.15, 0.2) is 0 Å². The standard InChI is InChI=1S/C7H13O2/c1-4-9-7(8)5-6(2)3/h5-6H,4H2,1-3H3. The zero-order chi connectivity index (χ0) is 7.28. The van der Waals surface area contributed by atoms with Gasteiger partial charge in [-0.25, -0.2) is 0 Å². The summed E-state index contributed by atoms with van der Waals surface area (Å²) in [4.78, 5) is 10.6. The van der Waals surface area contributed by atoms with E-state index in [4.69, 9.17) is 0 Å². The molecule has 9 heavy (non-hydrogen) atoms. The molecule has 0 aromatic rings. The van der Waals surface area contributed by atoms with E-state index in [1.165, 1.54) is 0 Å². The molecular weight excluding hydrogens is 116 g/mol. The molecule has 2 nitrogen and oxygen atoms in total. The number of ether oxygens (including phenoxy) is 1. The third kappa shape index (κ3) is 5.34. The second kappa shape index (κ2) is 4.36. The summed E-state index contributed by atoms with van der Waals surface area (Å²) in [6.07, 6.45) is 1.56. The highest BCUT2D eigenvalue weighted by atomic mass is 16.5. The summed E-state index contributed by atoms with van der Waals surface area (Å²) >= 11 is 0. The molecule has 0 atom stereocenters. The lowest BCUT2D eigenvalue weighted by atomic mass is 10.1. The average Bonchev–Trinajstić information content (AvgIpc) is 1.63. The summed E-state index contributed by atoms with van der Waals surface area (Å²) in [6.45, 7) is 6.14. The van der Waals surface area contributed by atoms with Gasteiger partial charge >= 0.3 is 5.97 Å². The van der Waals surface area contributed by atoms with Gasteiger partial charge in [0.25, 0.3) is 0 Å². The lowest BCUT2D eigenvalue weighted by Gasteiger charge is -2.01. The second-order valence-electron chi connectivity index (χ2n) is 2.16. The van der Waals surface area contributed by atoms with Crippen LogP contribution < -0.4 is 0 Å². The smallest absolute Gasteiger partial charge is 0.310 e. The molecule has 0 rings (SSSR count). The molecular formula is C7H13O2. The molecule has 0 aliphatic carbocycles. The van der Waals surface area contributed by atoms with Crippen molar-refractivity contribution in [3.63, 3.8) is 0 Å². The summed E-state index contributed by atoms with van der Waals surface area (Å²) in [7, 11) is 0. The van der Waals surface area contributed by atoms with Gasteiger partial charge in [-0.15, -0.1) is 0 Å². The molecule has 0 aliphatic rings. The second-order valence-corrected chi connectivity index (χ2v) is 2.16. The normalized spacial score (nSPS) is 9.78. The zero-order valence-electron chi connectivity index (χ0n) is 6.18. The van der Waals surface area contributed by atoms with Crippen molar-refractivity contribution in [3.05, 3.63) is 6.42 Å². The first-order chi connectivity index (χ1) is 4.16. The van der Waals surface area contributed by atoms with Crippen molar-refractivity contribution >= 4 is 5.97 Å². The molecule has 0 spiro atoms. The van der Waals surface area contributed by atoms with Crippen molar-refractivity contribution in [1.29, 1.82) is 0 Å². The highest BCUT2D eigenvalue weighted by molar-refractivity contribution is 5.79. The minimum absolute atomic E-state index is 0.215. The largest absolute Gasteiger partial charge is 0.466 e. The van der Waals surface area contributed by atoms with Gasteiger partial charge in [-0.3, -0.25) is 4.79 Å². The van der Waals surface area contributed by atoms with Crippen molar-refractivity contribution < 1.29 is 9.53 Å². The Balaban J connectivity index is 3.27. The number of hydrogen-bond donors (Lipinski definition) is 0. The van der Waals surface area contributed by atoms with Crippen LogP contribution in [0, 0.1) is 12.3 Å². The fourth-order valence-corrected chi connectivity index (χ4v) is 0.463. The Morgan fingerprint density at radius 1 is 1.67 bits per heavy atom. The first-order valence-corrected chi connectivity index (χ1v) is 3.18. The number of hydrogen-bond acceptors (Lipinski definition) is 2. The van der Waals surface area contributed by atoms with Gasteiger partial charge < -0.3 is 4.74 Å². The number of carbonyl (C=O) groups is 1. The lowest BCUT2D eigenvalue weighted by Crippen LogP contribution is -2.07. The Hall–Kier alpha value is -0.530. The van der Waals surface area contributed by atoms with Crippen LogP contribution in [-0.2, 0) is 9.53 Å². The van der Waals surface area contributed by atoms with Gasteiger partial charge in [0.1, 0.15) is 0 Å². The minimum Gasteiger partial charge on any atom is -0.466 e. The Bertz CT molecular complexity index is 86.9. The zero-order valence-corrected chi connectivity index (χ0v) is 6.18. The molecule has 0 saturated heterocycles. The maximum Gasteiger partial charge on any atom is 0.310 e. The molecule has 0 unspecified atom stereocenters. The Kier molecular flexibility index (Phi) is 4.10. The van der Waals surface area contributed by atoms with Crippen LogP contribution in [0.2, 0.25) is 0 Å². The van der Waals surface area contributed by atoms with E-state index in [1.54, 1.807) is 13.3 Å². The van der Waals surface area contributed by atoms with Crippen LogP contribution in [0.5, 0.6) is 0 Å². The van der Waals surface area contributed by atoms with Gasteiger partial charge in [0.2, 0.25) is 0 Å². The van der Waals surface area contributed by atoms with Crippen molar-refractivity contribution in [2.45, 2.75) is 20.8 Å². The van der Waals surface area contributed by atoms with Crippen LogP contribution in [0.3, 0.4) is 0 Å². The first-order valence-electron chi connectivity index (χ1n) is 3.18. The van der Waals surface area contributed by atoms with E-state index in [9.17, 15) is 4.79 Å². The minimum atomic E-state index is -0.215. The summed E-state index contributed by atoms with van der Waals surface area (Å²) in [6, 6.07) is 0. The monoisotopic (exact) mass is 129 g/mol. The van der Waals surface area contributed by atoms with Gasteiger partial charge in [-0.05, 0) is 12.8 Å². The quantitative estimate of drug-likeness (QED) is 0.538. The van der Waals surface area contributed by atoms with E-state index in [0.717, 1.165) is 0 Å². The van der Waals surface area contributed by atoms with E-state index in [2.05, 4.69) is 4.74 Å². The molecule has 0 aliphatic heterocycles.